The van der Waals surface area contributed by atoms with Gasteiger partial charge in [0, 0.05) is 17.8 Å². The molecule has 0 aliphatic carbocycles. The van der Waals surface area contributed by atoms with Crippen molar-refractivity contribution in [2.75, 3.05) is 11.4 Å². The second-order valence-corrected chi connectivity index (χ2v) is 4.23. The van der Waals surface area contributed by atoms with Crippen LogP contribution in [0.15, 0.2) is 41.0 Å². The first-order valence-corrected chi connectivity index (χ1v) is 6.06. The minimum Gasteiger partial charge on any atom is -0.469 e. The Morgan fingerprint density at radius 2 is 1.89 bits per heavy atom. The maximum Gasteiger partial charge on any atom is 0.262 e. The van der Waals surface area contributed by atoms with Gasteiger partial charge in [0.1, 0.15) is 5.76 Å². The summed E-state index contributed by atoms with van der Waals surface area (Å²) in [5, 5.41) is 0. The lowest BCUT2D eigenvalue weighted by atomic mass is 10.1. The number of furan rings is 1. The average molecular weight is 243 g/mol. The molecule has 0 spiro atoms. The van der Waals surface area contributed by atoms with E-state index in [1.54, 1.807) is 11.2 Å². The van der Waals surface area contributed by atoms with E-state index in [0.29, 0.717) is 17.9 Å². The van der Waals surface area contributed by atoms with Gasteiger partial charge in [0.25, 0.3) is 5.91 Å². The molecule has 1 aromatic heterocycles. The van der Waals surface area contributed by atoms with Gasteiger partial charge in [-0.05, 0) is 32.9 Å². The Labute approximate surface area is 107 Å². The van der Waals surface area contributed by atoms with Crippen molar-refractivity contribution in [3.05, 3.63) is 53.5 Å². The van der Waals surface area contributed by atoms with Crippen molar-refractivity contribution >= 4 is 11.6 Å². The standard InChI is InChI=1S/C15H17NO2/c1-4-16(13-8-6-5-7-9-13)15(17)14-11(2)10-18-12(14)3/h5-10H,4H2,1-3H3. The summed E-state index contributed by atoms with van der Waals surface area (Å²) in [7, 11) is 0. The highest BCUT2D eigenvalue weighted by Crippen LogP contribution is 2.21. The zero-order valence-corrected chi connectivity index (χ0v) is 10.9. The van der Waals surface area contributed by atoms with Crippen molar-refractivity contribution < 1.29 is 9.21 Å². The Hall–Kier alpha value is -2.03. The van der Waals surface area contributed by atoms with Gasteiger partial charge < -0.3 is 9.32 Å². The van der Waals surface area contributed by atoms with Crippen LogP contribution in [-0.4, -0.2) is 12.5 Å². The third-order valence-electron chi connectivity index (χ3n) is 3.00. The van der Waals surface area contributed by atoms with Crippen molar-refractivity contribution in [1.82, 2.24) is 0 Å². The molecule has 94 valence electrons. The first-order chi connectivity index (χ1) is 8.65. The molecule has 3 heteroatoms. The highest BCUT2D eigenvalue weighted by Gasteiger charge is 2.21. The number of carbonyl (C=O) groups is 1. The molecule has 2 aromatic rings. The maximum absolute atomic E-state index is 12.5. The van der Waals surface area contributed by atoms with E-state index in [2.05, 4.69) is 0 Å². The number of nitrogens with zero attached hydrogens (tertiary/aromatic N) is 1. The molecule has 0 aliphatic heterocycles. The van der Waals surface area contributed by atoms with Crippen LogP contribution in [0.1, 0.15) is 28.6 Å². The molecule has 1 amide bonds. The van der Waals surface area contributed by atoms with Gasteiger partial charge in [0.15, 0.2) is 0 Å². The summed E-state index contributed by atoms with van der Waals surface area (Å²) in [5.74, 6) is 0.666. The van der Waals surface area contributed by atoms with E-state index in [1.807, 2.05) is 51.1 Å². The smallest absolute Gasteiger partial charge is 0.262 e. The minimum atomic E-state index is -0.00699. The monoisotopic (exact) mass is 243 g/mol. The lowest BCUT2D eigenvalue weighted by molar-refractivity contribution is 0.0986. The molecule has 3 nitrogen and oxygen atoms in total. The summed E-state index contributed by atoms with van der Waals surface area (Å²) in [6, 6.07) is 9.68. The molecule has 0 fully saturated rings. The predicted octanol–water partition coefficient (Wildman–Crippen LogP) is 3.56. The second-order valence-electron chi connectivity index (χ2n) is 4.23. The summed E-state index contributed by atoms with van der Waals surface area (Å²) < 4.78 is 5.30. The lowest BCUT2D eigenvalue weighted by Gasteiger charge is -2.21. The van der Waals surface area contributed by atoms with Crippen LogP contribution in [0.25, 0.3) is 0 Å². The first kappa shape index (κ1) is 12.4. The van der Waals surface area contributed by atoms with Crippen LogP contribution in [0.5, 0.6) is 0 Å². The lowest BCUT2D eigenvalue weighted by Crippen LogP contribution is -2.31. The fourth-order valence-corrected chi connectivity index (χ4v) is 2.08. The zero-order chi connectivity index (χ0) is 13.1. The third-order valence-corrected chi connectivity index (χ3v) is 3.00. The van der Waals surface area contributed by atoms with Gasteiger partial charge in [-0.15, -0.1) is 0 Å². The van der Waals surface area contributed by atoms with Crippen LogP contribution in [0.3, 0.4) is 0 Å². The maximum atomic E-state index is 12.5. The normalized spacial score (nSPS) is 10.4. The van der Waals surface area contributed by atoms with Crippen molar-refractivity contribution in [2.24, 2.45) is 0 Å². The average Bonchev–Trinajstić information content (AvgIpc) is 2.71. The van der Waals surface area contributed by atoms with Crippen LogP contribution in [0.4, 0.5) is 5.69 Å². The van der Waals surface area contributed by atoms with Gasteiger partial charge >= 0.3 is 0 Å². The predicted molar refractivity (Wildman–Crippen MR) is 72.0 cm³/mol. The SMILES string of the molecule is CCN(C(=O)c1c(C)coc1C)c1ccccc1. The number of hydrogen-bond acceptors (Lipinski definition) is 2. The molecule has 0 atom stereocenters. The Morgan fingerprint density at radius 3 is 2.39 bits per heavy atom. The van der Waals surface area contributed by atoms with Crippen molar-refractivity contribution in [3.63, 3.8) is 0 Å². The Balaban J connectivity index is 2.38. The van der Waals surface area contributed by atoms with Crippen LogP contribution >= 0.6 is 0 Å². The molecule has 0 bridgehead atoms. The third kappa shape index (κ3) is 2.16. The number of hydrogen-bond donors (Lipinski definition) is 0. The van der Waals surface area contributed by atoms with Crippen molar-refractivity contribution in [1.29, 1.82) is 0 Å². The minimum absolute atomic E-state index is 0.00699. The van der Waals surface area contributed by atoms with Gasteiger partial charge in [0.2, 0.25) is 0 Å². The fraction of sp³-hybridized carbons (Fsp3) is 0.267. The zero-order valence-electron chi connectivity index (χ0n) is 10.9. The Kier molecular flexibility index (Phi) is 3.51. The summed E-state index contributed by atoms with van der Waals surface area (Å²) in [6.45, 7) is 6.31. The topological polar surface area (TPSA) is 33.5 Å². The van der Waals surface area contributed by atoms with Crippen LogP contribution in [0.2, 0.25) is 0 Å². The molecule has 1 heterocycles. The second kappa shape index (κ2) is 5.08. The van der Waals surface area contributed by atoms with E-state index < -0.39 is 0 Å². The highest BCUT2D eigenvalue weighted by molar-refractivity contribution is 6.07. The molecule has 0 radical (unpaired) electrons. The van der Waals surface area contributed by atoms with Gasteiger partial charge in [-0.3, -0.25) is 4.79 Å². The summed E-state index contributed by atoms with van der Waals surface area (Å²) >= 11 is 0. The summed E-state index contributed by atoms with van der Waals surface area (Å²) in [5.41, 5.74) is 2.46. The molecule has 2 rings (SSSR count). The molecule has 0 aliphatic rings. The number of aryl methyl sites for hydroxylation is 2. The number of para-hydroxylation sites is 1. The van der Waals surface area contributed by atoms with Crippen LogP contribution < -0.4 is 4.90 Å². The molecule has 0 N–H and O–H groups in total. The molecule has 18 heavy (non-hydrogen) atoms. The molecule has 0 unspecified atom stereocenters. The summed E-state index contributed by atoms with van der Waals surface area (Å²) in [4.78, 5) is 14.3. The van der Waals surface area contributed by atoms with E-state index in [1.165, 1.54) is 0 Å². The molecular weight excluding hydrogens is 226 g/mol. The molecule has 0 saturated heterocycles. The number of rotatable bonds is 3. The number of benzene rings is 1. The number of carbonyl (C=O) groups excluding carboxylic acids is 1. The van der Waals surface area contributed by atoms with Crippen LogP contribution in [0, 0.1) is 13.8 Å². The van der Waals surface area contributed by atoms with Gasteiger partial charge in [-0.25, -0.2) is 0 Å². The first-order valence-electron chi connectivity index (χ1n) is 6.06. The highest BCUT2D eigenvalue weighted by atomic mass is 16.3. The van der Waals surface area contributed by atoms with E-state index in [9.17, 15) is 4.79 Å². The number of amides is 1. The van der Waals surface area contributed by atoms with Gasteiger partial charge in [-0.2, -0.15) is 0 Å². The fourth-order valence-electron chi connectivity index (χ4n) is 2.08. The van der Waals surface area contributed by atoms with Crippen molar-refractivity contribution in [2.45, 2.75) is 20.8 Å². The Bertz CT molecular complexity index is 523. The molecular formula is C15H17NO2. The Morgan fingerprint density at radius 1 is 1.22 bits per heavy atom. The van der Waals surface area contributed by atoms with E-state index >= 15 is 0 Å². The number of anilines is 1. The van der Waals surface area contributed by atoms with E-state index in [4.69, 9.17) is 4.42 Å². The molecule has 0 saturated carbocycles. The van der Waals surface area contributed by atoms with Gasteiger partial charge in [0.05, 0.1) is 11.8 Å². The quantitative estimate of drug-likeness (QED) is 0.825. The molecule has 1 aromatic carbocycles. The largest absolute Gasteiger partial charge is 0.469 e. The van der Waals surface area contributed by atoms with E-state index in [0.717, 1.165) is 11.3 Å². The van der Waals surface area contributed by atoms with Crippen LogP contribution in [-0.2, 0) is 0 Å². The summed E-state index contributed by atoms with van der Waals surface area (Å²) in [6.07, 6.45) is 1.63. The van der Waals surface area contributed by atoms with Crippen molar-refractivity contribution in [3.8, 4) is 0 Å². The van der Waals surface area contributed by atoms with Gasteiger partial charge in [-0.1, -0.05) is 18.2 Å². The van der Waals surface area contributed by atoms with E-state index in [-0.39, 0.29) is 5.91 Å².